The summed E-state index contributed by atoms with van der Waals surface area (Å²) in [7, 11) is 0. The maximum Gasteiger partial charge on any atom is 0.261 e. The van der Waals surface area contributed by atoms with Crippen LogP contribution < -0.4 is 5.32 Å². The summed E-state index contributed by atoms with van der Waals surface area (Å²) in [6, 6.07) is 4.11. The molecule has 0 saturated heterocycles. The van der Waals surface area contributed by atoms with Gasteiger partial charge in [0.25, 0.3) is 5.91 Å². The van der Waals surface area contributed by atoms with Crippen molar-refractivity contribution in [3.05, 3.63) is 22.4 Å². The third-order valence-electron chi connectivity index (χ3n) is 3.21. The Morgan fingerprint density at radius 1 is 1.53 bits per heavy atom. The molecule has 1 N–H and O–H groups in total. The lowest BCUT2D eigenvalue weighted by Crippen LogP contribution is -2.36. The van der Waals surface area contributed by atoms with Crippen molar-refractivity contribution >= 4 is 17.2 Å². The van der Waals surface area contributed by atoms with Crippen molar-refractivity contribution in [3.8, 4) is 0 Å². The van der Waals surface area contributed by atoms with Crippen molar-refractivity contribution in [3.63, 3.8) is 0 Å². The molecule has 1 aliphatic carbocycles. The summed E-state index contributed by atoms with van der Waals surface area (Å²) in [5, 5.41) is 5.04. The first-order chi connectivity index (χ1) is 7.27. The molecule has 82 valence electrons. The van der Waals surface area contributed by atoms with E-state index in [-0.39, 0.29) is 5.91 Å². The quantitative estimate of drug-likeness (QED) is 0.838. The molecule has 0 unspecified atom stereocenters. The second kappa shape index (κ2) is 4.79. The number of rotatable bonds is 3. The first-order valence-corrected chi connectivity index (χ1v) is 6.49. The summed E-state index contributed by atoms with van der Waals surface area (Å²) >= 11 is 1.50. The van der Waals surface area contributed by atoms with Crippen molar-refractivity contribution < 1.29 is 4.79 Å². The molecule has 1 fully saturated rings. The Bertz CT molecular complexity index is 314. The molecule has 3 heteroatoms. The second-order valence-corrected chi connectivity index (χ2v) is 5.23. The van der Waals surface area contributed by atoms with Crippen LogP contribution in [-0.4, -0.2) is 11.9 Å². The van der Waals surface area contributed by atoms with Crippen LogP contribution in [0.3, 0.4) is 0 Å². The third kappa shape index (κ3) is 2.59. The maximum absolute atomic E-state index is 11.8. The lowest BCUT2D eigenvalue weighted by molar-refractivity contribution is 0.0931. The fourth-order valence-electron chi connectivity index (χ4n) is 2.26. The summed E-state index contributed by atoms with van der Waals surface area (Å²) in [4.78, 5) is 12.6. The highest BCUT2D eigenvalue weighted by Crippen LogP contribution is 2.27. The third-order valence-corrected chi connectivity index (χ3v) is 4.08. The highest BCUT2D eigenvalue weighted by molar-refractivity contribution is 7.12. The number of nitrogens with one attached hydrogen (secondary N) is 1. The molecule has 0 bridgehead atoms. The van der Waals surface area contributed by atoms with Crippen LogP contribution in [0.1, 0.15) is 42.3 Å². The van der Waals surface area contributed by atoms with Crippen molar-refractivity contribution in [2.75, 3.05) is 0 Å². The minimum atomic E-state index is 0.0874. The Hall–Kier alpha value is -0.830. The Morgan fingerprint density at radius 2 is 2.27 bits per heavy atom. The Kier molecular flexibility index (Phi) is 3.41. The average molecular weight is 223 g/mol. The van der Waals surface area contributed by atoms with Crippen LogP contribution in [0.2, 0.25) is 0 Å². The van der Waals surface area contributed by atoms with Gasteiger partial charge in [0, 0.05) is 6.04 Å². The van der Waals surface area contributed by atoms with Crippen LogP contribution in [0.15, 0.2) is 17.5 Å². The summed E-state index contributed by atoms with van der Waals surface area (Å²) in [6.45, 7) is 2.13. The van der Waals surface area contributed by atoms with Crippen LogP contribution in [0.25, 0.3) is 0 Å². The molecule has 1 amide bonds. The molecule has 1 saturated carbocycles. The van der Waals surface area contributed by atoms with E-state index in [0.717, 1.165) is 4.88 Å². The minimum Gasteiger partial charge on any atom is -0.349 e. The molecule has 0 aliphatic heterocycles. The van der Waals surface area contributed by atoms with E-state index in [2.05, 4.69) is 12.2 Å². The minimum absolute atomic E-state index is 0.0874. The van der Waals surface area contributed by atoms with Gasteiger partial charge in [-0.25, -0.2) is 0 Å². The number of hydrogen-bond acceptors (Lipinski definition) is 2. The van der Waals surface area contributed by atoms with Crippen LogP contribution in [0, 0.1) is 5.92 Å². The molecule has 0 radical (unpaired) electrons. The number of amides is 1. The van der Waals surface area contributed by atoms with Gasteiger partial charge in [0.15, 0.2) is 0 Å². The Balaban J connectivity index is 1.88. The van der Waals surface area contributed by atoms with Crippen molar-refractivity contribution in [2.24, 2.45) is 5.92 Å². The van der Waals surface area contributed by atoms with E-state index in [1.165, 1.54) is 37.0 Å². The van der Waals surface area contributed by atoms with E-state index in [9.17, 15) is 4.79 Å². The topological polar surface area (TPSA) is 29.1 Å². The van der Waals surface area contributed by atoms with E-state index < -0.39 is 0 Å². The molecular formula is C12H17NOS. The first-order valence-electron chi connectivity index (χ1n) is 5.62. The first kappa shape index (κ1) is 10.7. The number of hydrogen-bond donors (Lipinski definition) is 1. The molecule has 15 heavy (non-hydrogen) atoms. The summed E-state index contributed by atoms with van der Waals surface area (Å²) < 4.78 is 0. The average Bonchev–Trinajstić information content (AvgIpc) is 2.91. The van der Waals surface area contributed by atoms with E-state index in [1.807, 2.05) is 17.5 Å². The molecule has 2 nitrogen and oxygen atoms in total. The lowest BCUT2D eigenvalue weighted by Gasteiger charge is -2.19. The van der Waals surface area contributed by atoms with E-state index in [4.69, 9.17) is 0 Å². The molecule has 0 aromatic carbocycles. The molecular weight excluding hydrogens is 206 g/mol. The van der Waals surface area contributed by atoms with Gasteiger partial charge in [-0.15, -0.1) is 11.3 Å². The van der Waals surface area contributed by atoms with Crippen LogP contribution in [0.5, 0.6) is 0 Å². The molecule has 2 rings (SSSR count). The highest BCUT2D eigenvalue weighted by atomic mass is 32.1. The van der Waals surface area contributed by atoms with Gasteiger partial charge < -0.3 is 5.32 Å². The normalized spacial score (nSPS) is 19.0. The van der Waals surface area contributed by atoms with Gasteiger partial charge in [-0.05, 0) is 37.1 Å². The fourth-order valence-corrected chi connectivity index (χ4v) is 2.89. The van der Waals surface area contributed by atoms with Gasteiger partial charge in [-0.3, -0.25) is 4.79 Å². The molecule has 1 atom stereocenters. The summed E-state index contributed by atoms with van der Waals surface area (Å²) in [6.07, 6.45) is 5.19. The molecule has 0 spiro atoms. The van der Waals surface area contributed by atoms with Gasteiger partial charge in [-0.2, -0.15) is 0 Å². The number of carbonyl (C=O) groups is 1. The second-order valence-electron chi connectivity index (χ2n) is 4.28. The Morgan fingerprint density at radius 3 is 2.87 bits per heavy atom. The van der Waals surface area contributed by atoms with Crippen molar-refractivity contribution in [1.29, 1.82) is 0 Å². The number of carbonyl (C=O) groups excluding carboxylic acids is 1. The van der Waals surface area contributed by atoms with E-state index >= 15 is 0 Å². The van der Waals surface area contributed by atoms with Gasteiger partial charge in [0.2, 0.25) is 0 Å². The number of thiophene rings is 1. The zero-order valence-electron chi connectivity index (χ0n) is 9.03. The standard InChI is InChI=1S/C12H17NOS/c1-9(10-5-2-3-6-10)13-12(14)11-7-4-8-15-11/h4,7-10H,2-3,5-6H2,1H3,(H,13,14)/t9-/m1/s1. The molecule has 1 aromatic heterocycles. The van der Waals surface area contributed by atoms with Gasteiger partial charge in [0.05, 0.1) is 4.88 Å². The maximum atomic E-state index is 11.8. The van der Waals surface area contributed by atoms with Crippen LogP contribution in [-0.2, 0) is 0 Å². The highest BCUT2D eigenvalue weighted by Gasteiger charge is 2.23. The van der Waals surface area contributed by atoms with Gasteiger partial charge in [0.1, 0.15) is 0 Å². The van der Waals surface area contributed by atoms with E-state index in [1.54, 1.807) is 0 Å². The zero-order valence-corrected chi connectivity index (χ0v) is 9.85. The summed E-state index contributed by atoms with van der Waals surface area (Å²) in [5.74, 6) is 0.776. The molecule has 1 aliphatic rings. The predicted molar refractivity (Wildman–Crippen MR) is 63.2 cm³/mol. The molecule has 1 aromatic rings. The van der Waals surface area contributed by atoms with Crippen molar-refractivity contribution in [1.82, 2.24) is 5.32 Å². The van der Waals surface area contributed by atoms with Gasteiger partial charge in [-0.1, -0.05) is 18.9 Å². The smallest absolute Gasteiger partial charge is 0.261 e. The SMILES string of the molecule is C[C@@H](NC(=O)c1cccs1)C1CCCC1. The largest absolute Gasteiger partial charge is 0.349 e. The van der Waals surface area contributed by atoms with Crippen molar-refractivity contribution in [2.45, 2.75) is 38.6 Å². The Labute approximate surface area is 94.7 Å². The zero-order chi connectivity index (χ0) is 10.7. The van der Waals surface area contributed by atoms with Crippen LogP contribution >= 0.6 is 11.3 Å². The lowest BCUT2D eigenvalue weighted by atomic mass is 10.00. The predicted octanol–water partition coefficient (Wildman–Crippen LogP) is 3.06. The van der Waals surface area contributed by atoms with Crippen LogP contribution in [0.4, 0.5) is 0 Å². The van der Waals surface area contributed by atoms with E-state index in [0.29, 0.717) is 12.0 Å². The summed E-state index contributed by atoms with van der Waals surface area (Å²) in [5.41, 5.74) is 0. The monoisotopic (exact) mass is 223 g/mol. The van der Waals surface area contributed by atoms with Gasteiger partial charge >= 0.3 is 0 Å². The fraction of sp³-hybridized carbons (Fsp3) is 0.583. The molecule has 1 heterocycles.